The van der Waals surface area contributed by atoms with E-state index in [9.17, 15) is 14.0 Å². The van der Waals surface area contributed by atoms with Crippen LogP contribution >= 0.6 is 0 Å². The lowest BCUT2D eigenvalue weighted by molar-refractivity contribution is -0.156. The first-order chi connectivity index (χ1) is 8.97. The Morgan fingerprint density at radius 2 is 2.47 bits per heavy atom. The fourth-order valence-corrected chi connectivity index (χ4v) is 1.53. The molecule has 2 N–H and O–H groups in total. The van der Waals surface area contributed by atoms with Gasteiger partial charge in [0, 0.05) is 6.92 Å². The summed E-state index contributed by atoms with van der Waals surface area (Å²) in [6.07, 6.45) is -0.746. The van der Waals surface area contributed by atoms with Crippen molar-refractivity contribution < 1.29 is 23.4 Å². The second kappa shape index (κ2) is 5.33. The third-order valence-corrected chi connectivity index (χ3v) is 2.40. The van der Waals surface area contributed by atoms with E-state index in [4.69, 9.17) is 19.9 Å². The van der Waals surface area contributed by atoms with E-state index < -0.39 is 35.8 Å². The molecule has 1 fully saturated rings. The molecule has 1 aromatic rings. The number of hydrogen-bond donors (Lipinski definition) is 1. The van der Waals surface area contributed by atoms with Crippen LogP contribution < -0.4 is 11.4 Å². The Morgan fingerprint density at radius 1 is 1.74 bits per heavy atom. The molecule has 2 heterocycles. The highest BCUT2D eigenvalue weighted by atomic mass is 19.1. The number of anilines is 1. The maximum absolute atomic E-state index is 13.3. The van der Waals surface area contributed by atoms with Gasteiger partial charge in [0.1, 0.15) is 6.61 Å². The van der Waals surface area contributed by atoms with E-state index in [1.807, 2.05) is 0 Å². The van der Waals surface area contributed by atoms with Crippen molar-refractivity contribution in [2.24, 2.45) is 0 Å². The minimum absolute atomic E-state index is 0.0108. The van der Waals surface area contributed by atoms with Crippen LogP contribution in [0.1, 0.15) is 13.2 Å². The quantitative estimate of drug-likeness (QED) is 0.733. The number of esters is 1. The maximum atomic E-state index is 13.3. The summed E-state index contributed by atoms with van der Waals surface area (Å²) in [6.45, 7) is 1.15. The highest BCUT2D eigenvalue weighted by Gasteiger charge is 2.29. The van der Waals surface area contributed by atoms with Crippen LogP contribution in [0.15, 0.2) is 11.0 Å². The molecule has 2 atom stereocenters. The number of aromatic nitrogens is 2. The van der Waals surface area contributed by atoms with Crippen molar-refractivity contribution in [3.05, 3.63) is 22.5 Å². The van der Waals surface area contributed by atoms with Gasteiger partial charge in [-0.05, 0) is 0 Å². The number of carbonyl (C=O) groups is 1. The third-order valence-electron chi connectivity index (χ3n) is 2.40. The summed E-state index contributed by atoms with van der Waals surface area (Å²) >= 11 is 0. The van der Waals surface area contributed by atoms with E-state index in [0.29, 0.717) is 0 Å². The molecule has 2 rings (SSSR count). The van der Waals surface area contributed by atoms with E-state index in [1.54, 1.807) is 0 Å². The van der Waals surface area contributed by atoms with Crippen LogP contribution in [0.4, 0.5) is 10.2 Å². The number of nitrogens with zero attached hydrogens (tertiary/aromatic N) is 2. The van der Waals surface area contributed by atoms with Gasteiger partial charge in [0.25, 0.3) is 0 Å². The number of halogens is 1. The summed E-state index contributed by atoms with van der Waals surface area (Å²) < 4.78 is 29.3. The third kappa shape index (κ3) is 3.06. The van der Waals surface area contributed by atoms with E-state index in [-0.39, 0.29) is 13.2 Å². The molecule has 0 bridgehead atoms. The molecule has 1 aliphatic heterocycles. The zero-order valence-electron chi connectivity index (χ0n) is 10.0. The average molecular weight is 273 g/mol. The molecule has 0 aromatic carbocycles. The Balaban J connectivity index is 2.07. The first-order valence-corrected chi connectivity index (χ1v) is 5.42. The van der Waals surface area contributed by atoms with Crippen molar-refractivity contribution in [1.29, 1.82) is 0 Å². The first kappa shape index (κ1) is 13.4. The van der Waals surface area contributed by atoms with Crippen molar-refractivity contribution in [2.45, 2.75) is 19.4 Å². The highest BCUT2D eigenvalue weighted by Crippen LogP contribution is 2.20. The van der Waals surface area contributed by atoms with Crippen molar-refractivity contribution in [3.8, 4) is 0 Å². The van der Waals surface area contributed by atoms with Crippen LogP contribution in [-0.2, 0) is 19.0 Å². The van der Waals surface area contributed by atoms with E-state index in [0.717, 1.165) is 10.8 Å². The zero-order chi connectivity index (χ0) is 14.0. The second-order valence-corrected chi connectivity index (χ2v) is 3.82. The first-order valence-electron chi connectivity index (χ1n) is 5.42. The van der Waals surface area contributed by atoms with Gasteiger partial charge >= 0.3 is 11.7 Å². The summed E-state index contributed by atoms with van der Waals surface area (Å²) in [7, 11) is 0. The van der Waals surface area contributed by atoms with E-state index >= 15 is 0 Å². The summed E-state index contributed by atoms with van der Waals surface area (Å²) in [4.78, 5) is 25.5. The number of ether oxygens (including phenoxy) is 3. The van der Waals surface area contributed by atoms with Gasteiger partial charge in [0.15, 0.2) is 24.2 Å². The molecule has 1 aromatic heterocycles. The van der Waals surface area contributed by atoms with Crippen molar-refractivity contribution in [2.75, 3.05) is 18.9 Å². The Kier molecular flexibility index (Phi) is 3.76. The number of hydrogen-bond acceptors (Lipinski definition) is 7. The Bertz CT molecular complexity index is 546. The average Bonchev–Trinajstić information content (AvgIpc) is 2.80. The molecular weight excluding hydrogens is 261 g/mol. The fourth-order valence-electron chi connectivity index (χ4n) is 1.53. The minimum atomic E-state index is -0.837. The molecule has 0 saturated carbocycles. The topological polar surface area (TPSA) is 106 Å². The summed E-state index contributed by atoms with van der Waals surface area (Å²) in [5, 5.41) is 0. The maximum Gasteiger partial charge on any atom is 0.351 e. The fraction of sp³-hybridized carbons (Fsp3) is 0.500. The molecule has 104 valence electrons. The lowest BCUT2D eigenvalue weighted by Crippen LogP contribution is -2.30. The number of rotatable bonds is 3. The van der Waals surface area contributed by atoms with E-state index in [2.05, 4.69) is 4.98 Å². The van der Waals surface area contributed by atoms with Gasteiger partial charge in [-0.25, -0.2) is 9.18 Å². The van der Waals surface area contributed by atoms with Crippen LogP contribution in [0.2, 0.25) is 0 Å². The SMILES string of the molecule is CC(=O)OCC1OCC(n2cc(F)c(N)nc2=O)O1. The molecule has 2 unspecified atom stereocenters. The van der Waals surface area contributed by atoms with Gasteiger partial charge < -0.3 is 19.9 Å². The van der Waals surface area contributed by atoms with E-state index in [1.165, 1.54) is 6.92 Å². The molecule has 0 amide bonds. The summed E-state index contributed by atoms with van der Waals surface area (Å²) in [6, 6.07) is 0. The second-order valence-electron chi connectivity index (χ2n) is 3.82. The smallest absolute Gasteiger partial charge is 0.351 e. The van der Waals surface area contributed by atoms with Crippen molar-refractivity contribution in [3.63, 3.8) is 0 Å². The van der Waals surface area contributed by atoms with Gasteiger partial charge in [-0.1, -0.05) is 0 Å². The number of nitrogen functional groups attached to an aromatic ring is 1. The molecule has 1 saturated heterocycles. The van der Waals surface area contributed by atoms with Crippen LogP contribution in [0.5, 0.6) is 0 Å². The van der Waals surface area contributed by atoms with Gasteiger partial charge in [0.2, 0.25) is 0 Å². The lowest BCUT2D eigenvalue weighted by atomic mass is 10.5. The van der Waals surface area contributed by atoms with Crippen molar-refractivity contribution in [1.82, 2.24) is 9.55 Å². The monoisotopic (exact) mass is 273 g/mol. The van der Waals surface area contributed by atoms with Gasteiger partial charge in [-0.3, -0.25) is 9.36 Å². The highest BCUT2D eigenvalue weighted by molar-refractivity contribution is 5.65. The van der Waals surface area contributed by atoms with Crippen LogP contribution in [0.3, 0.4) is 0 Å². The molecule has 9 heteroatoms. The molecule has 0 radical (unpaired) electrons. The molecule has 0 spiro atoms. The number of carbonyl (C=O) groups excluding carboxylic acids is 1. The molecule has 1 aliphatic rings. The Morgan fingerprint density at radius 3 is 3.16 bits per heavy atom. The summed E-state index contributed by atoms with van der Waals surface area (Å²) in [5.74, 6) is -1.78. The predicted molar refractivity (Wildman–Crippen MR) is 59.4 cm³/mol. The predicted octanol–water partition coefficient (Wildman–Crippen LogP) is -0.601. The van der Waals surface area contributed by atoms with Gasteiger partial charge in [-0.2, -0.15) is 4.98 Å². The summed E-state index contributed by atoms with van der Waals surface area (Å²) in [5.41, 5.74) is 4.42. The Labute approximate surface area is 106 Å². The molecule has 0 aliphatic carbocycles. The van der Waals surface area contributed by atoms with Gasteiger partial charge in [-0.15, -0.1) is 0 Å². The van der Waals surface area contributed by atoms with Crippen molar-refractivity contribution >= 4 is 11.8 Å². The Hall–Kier alpha value is -2.00. The molecule has 8 nitrogen and oxygen atoms in total. The minimum Gasteiger partial charge on any atom is -0.460 e. The normalized spacial score (nSPS) is 22.4. The molecular formula is C10H12FN3O5. The van der Waals surface area contributed by atoms with Crippen LogP contribution in [-0.4, -0.2) is 35.0 Å². The van der Waals surface area contributed by atoms with Crippen LogP contribution in [0, 0.1) is 5.82 Å². The zero-order valence-corrected chi connectivity index (χ0v) is 10.0. The van der Waals surface area contributed by atoms with Gasteiger partial charge in [0.05, 0.1) is 12.8 Å². The van der Waals surface area contributed by atoms with Crippen LogP contribution in [0.25, 0.3) is 0 Å². The molecule has 19 heavy (non-hydrogen) atoms. The standard InChI is InChI=1S/C10H12FN3O5/c1-5(15)17-4-8-18-3-7(19-8)14-2-6(11)9(12)13-10(14)16/h2,7-8H,3-4H2,1H3,(H2,12,13,16). The number of nitrogens with two attached hydrogens (primary N) is 1. The largest absolute Gasteiger partial charge is 0.460 e. The lowest BCUT2D eigenvalue weighted by Gasteiger charge is -2.13.